The van der Waals surface area contributed by atoms with Crippen molar-refractivity contribution in [2.24, 2.45) is 7.05 Å². The van der Waals surface area contributed by atoms with E-state index in [9.17, 15) is 14.4 Å². The minimum absolute atomic E-state index is 0.00704. The van der Waals surface area contributed by atoms with Gasteiger partial charge in [0.25, 0.3) is 5.56 Å². The number of carbonyl (C=O) groups is 2. The minimum atomic E-state index is -1.02. The van der Waals surface area contributed by atoms with Crippen molar-refractivity contribution in [2.75, 3.05) is 6.54 Å². The minimum Gasteiger partial charge on any atom is -0.480 e. The molecule has 24 heavy (non-hydrogen) atoms. The number of amides is 1. The number of carboxylic acid groups (broad SMARTS) is 1. The number of fused-ring (bicyclic) bond motifs is 1. The molecular weight excluding hydrogens is 310 g/mol. The van der Waals surface area contributed by atoms with Gasteiger partial charge < -0.3 is 10.0 Å². The van der Waals surface area contributed by atoms with Crippen LogP contribution in [0.3, 0.4) is 0 Å². The molecule has 2 aromatic rings. The molecule has 0 spiro atoms. The maximum absolute atomic E-state index is 12.7. The summed E-state index contributed by atoms with van der Waals surface area (Å²) in [6.07, 6.45) is 2.66. The summed E-state index contributed by atoms with van der Waals surface area (Å²) in [7, 11) is 1.55. The molecule has 1 aromatic heterocycles. The van der Waals surface area contributed by atoms with E-state index in [4.69, 9.17) is 5.11 Å². The molecule has 1 heterocycles. The van der Waals surface area contributed by atoms with Crippen LogP contribution in [0.1, 0.15) is 25.0 Å². The standard InChI is InChI=1S/C17H19N3O4/c1-19-17(24)13-8-3-2-7-12(13)14(18-19)9-15(21)20(10-16(22)23)11-5-4-6-11/h2-3,7-8,11H,4-6,9-10H2,1H3,(H,22,23). The highest BCUT2D eigenvalue weighted by Gasteiger charge is 2.30. The molecule has 7 nitrogen and oxygen atoms in total. The Morgan fingerprint density at radius 1 is 1.29 bits per heavy atom. The van der Waals surface area contributed by atoms with E-state index in [-0.39, 0.29) is 30.5 Å². The highest BCUT2D eigenvalue weighted by atomic mass is 16.4. The molecule has 0 unspecified atom stereocenters. The van der Waals surface area contributed by atoms with Crippen LogP contribution in [-0.4, -0.2) is 44.3 Å². The third kappa shape index (κ3) is 3.02. The number of hydrogen-bond donors (Lipinski definition) is 1. The van der Waals surface area contributed by atoms with E-state index >= 15 is 0 Å². The summed E-state index contributed by atoms with van der Waals surface area (Å²) in [6.45, 7) is -0.298. The average molecular weight is 329 g/mol. The van der Waals surface area contributed by atoms with Gasteiger partial charge in [0.05, 0.1) is 17.5 Å². The van der Waals surface area contributed by atoms with E-state index in [1.807, 2.05) is 0 Å². The molecule has 1 aliphatic carbocycles. The van der Waals surface area contributed by atoms with E-state index in [1.54, 1.807) is 31.3 Å². The smallest absolute Gasteiger partial charge is 0.323 e. The lowest BCUT2D eigenvalue weighted by molar-refractivity contribution is -0.147. The molecule has 1 saturated carbocycles. The topological polar surface area (TPSA) is 92.5 Å². The van der Waals surface area contributed by atoms with Gasteiger partial charge in [-0.3, -0.25) is 14.4 Å². The summed E-state index contributed by atoms with van der Waals surface area (Å²) in [6, 6.07) is 7.01. The van der Waals surface area contributed by atoms with Crippen molar-refractivity contribution in [1.82, 2.24) is 14.7 Å². The van der Waals surface area contributed by atoms with Crippen molar-refractivity contribution in [1.29, 1.82) is 0 Å². The highest BCUT2D eigenvalue weighted by Crippen LogP contribution is 2.25. The molecular formula is C17H19N3O4. The molecule has 0 atom stereocenters. The first-order chi connectivity index (χ1) is 11.5. The van der Waals surface area contributed by atoms with Gasteiger partial charge in [0.1, 0.15) is 6.54 Å². The Bertz CT molecular complexity index is 855. The molecule has 1 N–H and O–H groups in total. The maximum Gasteiger partial charge on any atom is 0.323 e. The summed E-state index contributed by atoms with van der Waals surface area (Å²) < 4.78 is 1.22. The summed E-state index contributed by atoms with van der Waals surface area (Å²) in [5.74, 6) is -1.29. The number of carbonyl (C=O) groups excluding carboxylic acids is 1. The molecule has 1 aliphatic rings. The summed E-state index contributed by atoms with van der Waals surface area (Å²) in [5.41, 5.74) is 0.274. The predicted octanol–water partition coefficient (Wildman–Crippen LogP) is 0.942. The Labute approximate surface area is 138 Å². The first-order valence-electron chi connectivity index (χ1n) is 7.93. The number of carboxylic acids is 1. The number of hydrogen-bond acceptors (Lipinski definition) is 4. The number of aliphatic carboxylic acids is 1. The van der Waals surface area contributed by atoms with E-state index in [2.05, 4.69) is 5.10 Å². The van der Waals surface area contributed by atoms with Gasteiger partial charge in [-0.15, -0.1) is 0 Å². The van der Waals surface area contributed by atoms with Gasteiger partial charge in [0.15, 0.2) is 0 Å². The van der Waals surface area contributed by atoms with Crippen LogP contribution < -0.4 is 5.56 Å². The van der Waals surface area contributed by atoms with E-state index < -0.39 is 5.97 Å². The number of nitrogens with zero attached hydrogens (tertiary/aromatic N) is 3. The zero-order valence-electron chi connectivity index (χ0n) is 13.4. The number of rotatable bonds is 5. The molecule has 126 valence electrons. The van der Waals surface area contributed by atoms with Crippen LogP contribution >= 0.6 is 0 Å². The zero-order valence-corrected chi connectivity index (χ0v) is 13.4. The lowest BCUT2D eigenvalue weighted by atomic mass is 9.91. The fourth-order valence-corrected chi connectivity index (χ4v) is 3.02. The molecule has 1 aromatic carbocycles. The van der Waals surface area contributed by atoms with Crippen LogP contribution in [0.4, 0.5) is 0 Å². The monoisotopic (exact) mass is 329 g/mol. The second-order valence-electron chi connectivity index (χ2n) is 6.10. The normalized spacial score (nSPS) is 14.4. The van der Waals surface area contributed by atoms with Gasteiger partial charge in [-0.1, -0.05) is 18.2 Å². The second-order valence-corrected chi connectivity index (χ2v) is 6.10. The summed E-state index contributed by atoms with van der Waals surface area (Å²) in [5, 5.41) is 14.4. The Hall–Kier alpha value is -2.70. The van der Waals surface area contributed by atoms with E-state index in [0.29, 0.717) is 16.5 Å². The predicted molar refractivity (Wildman–Crippen MR) is 87.7 cm³/mol. The van der Waals surface area contributed by atoms with Crippen LogP contribution in [0.25, 0.3) is 10.8 Å². The van der Waals surface area contributed by atoms with Gasteiger partial charge in [0, 0.05) is 18.5 Å². The average Bonchev–Trinajstić information content (AvgIpc) is 2.49. The van der Waals surface area contributed by atoms with Crippen molar-refractivity contribution in [3.63, 3.8) is 0 Å². The van der Waals surface area contributed by atoms with Gasteiger partial charge in [-0.2, -0.15) is 5.10 Å². The number of benzene rings is 1. The maximum atomic E-state index is 12.7. The first kappa shape index (κ1) is 16.2. The van der Waals surface area contributed by atoms with E-state index in [0.717, 1.165) is 19.3 Å². The Balaban J connectivity index is 1.93. The SMILES string of the molecule is Cn1nc(CC(=O)N(CC(=O)O)C2CCC2)c2ccccc2c1=O. The Morgan fingerprint density at radius 3 is 2.54 bits per heavy atom. The van der Waals surface area contributed by atoms with Gasteiger partial charge in [-0.05, 0) is 25.3 Å². The Morgan fingerprint density at radius 2 is 1.96 bits per heavy atom. The molecule has 0 bridgehead atoms. The third-order valence-corrected chi connectivity index (χ3v) is 4.49. The zero-order chi connectivity index (χ0) is 17.3. The van der Waals surface area contributed by atoms with Gasteiger partial charge >= 0.3 is 5.97 Å². The first-order valence-corrected chi connectivity index (χ1v) is 7.93. The van der Waals surface area contributed by atoms with Crippen LogP contribution in [0, 0.1) is 0 Å². The largest absolute Gasteiger partial charge is 0.480 e. The fraction of sp³-hybridized carbons (Fsp3) is 0.412. The lowest BCUT2D eigenvalue weighted by Crippen LogP contribution is -2.47. The van der Waals surface area contributed by atoms with Gasteiger partial charge in [0.2, 0.25) is 5.91 Å². The molecule has 1 amide bonds. The van der Waals surface area contributed by atoms with Crippen molar-refractivity contribution in [3.05, 3.63) is 40.3 Å². The number of aryl methyl sites for hydroxylation is 1. The quantitative estimate of drug-likeness (QED) is 0.881. The van der Waals surface area contributed by atoms with Crippen LogP contribution in [0.2, 0.25) is 0 Å². The third-order valence-electron chi connectivity index (χ3n) is 4.49. The van der Waals surface area contributed by atoms with Gasteiger partial charge in [-0.25, -0.2) is 4.68 Å². The van der Waals surface area contributed by atoms with Crippen molar-refractivity contribution in [3.8, 4) is 0 Å². The molecule has 0 aliphatic heterocycles. The van der Waals surface area contributed by atoms with E-state index in [1.165, 1.54) is 9.58 Å². The molecule has 1 fully saturated rings. The Kier molecular flexibility index (Phi) is 4.33. The molecule has 0 saturated heterocycles. The van der Waals surface area contributed by atoms with Crippen molar-refractivity contribution in [2.45, 2.75) is 31.7 Å². The van der Waals surface area contributed by atoms with Crippen molar-refractivity contribution < 1.29 is 14.7 Å². The fourth-order valence-electron chi connectivity index (χ4n) is 3.02. The lowest BCUT2D eigenvalue weighted by Gasteiger charge is -2.36. The second kappa shape index (κ2) is 6.43. The molecule has 3 rings (SSSR count). The molecule has 7 heteroatoms. The van der Waals surface area contributed by atoms with Crippen LogP contribution in [0.5, 0.6) is 0 Å². The summed E-state index contributed by atoms with van der Waals surface area (Å²) in [4.78, 5) is 37.3. The number of aromatic nitrogens is 2. The molecule has 0 radical (unpaired) electrons. The summed E-state index contributed by atoms with van der Waals surface area (Å²) >= 11 is 0. The van der Waals surface area contributed by atoms with Crippen molar-refractivity contribution >= 4 is 22.6 Å². The highest BCUT2D eigenvalue weighted by molar-refractivity contribution is 5.89. The van der Waals surface area contributed by atoms with Crippen LogP contribution in [0.15, 0.2) is 29.1 Å². The van der Waals surface area contributed by atoms with Crippen LogP contribution in [-0.2, 0) is 23.1 Å².